The number of rotatable bonds is 7. The summed E-state index contributed by atoms with van der Waals surface area (Å²) in [5.41, 5.74) is 1.25. The molecule has 1 rings (SSSR count). The summed E-state index contributed by atoms with van der Waals surface area (Å²) in [6, 6.07) is 10.3. The molecule has 0 heterocycles. The van der Waals surface area contributed by atoms with Crippen LogP contribution in [0.2, 0.25) is 0 Å². The highest BCUT2D eigenvalue weighted by molar-refractivity contribution is 5.13. The Morgan fingerprint density at radius 1 is 0.857 bits per heavy atom. The van der Waals surface area contributed by atoms with Gasteiger partial charge in [0.25, 0.3) is 0 Å². The molecule has 0 aliphatic heterocycles. The zero-order valence-corrected chi connectivity index (χ0v) is 14.1. The Labute approximate surface area is 129 Å². The van der Waals surface area contributed by atoms with Crippen molar-refractivity contribution < 1.29 is 19.7 Å². The fourth-order valence-electron chi connectivity index (χ4n) is 1.28. The van der Waals surface area contributed by atoms with Gasteiger partial charge in [0.15, 0.2) is 0 Å². The van der Waals surface area contributed by atoms with Gasteiger partial charge in [-0.15, -0.1) is 0 Å². The van der Waals surface area contributed by atoms with Crippen molar-refractivity contribution in [2.45, 2.75) is 34.3 Å². The van der Waals surface area contributed by atoms with Gasteiger partial charge in [-0.3, -0.25) is 0 Å². The van der Waals surface area contributed by atoms with E-state index in [1.807, 2.05) is 32.0 Å². The van der Waals surface area contributed by atoms with E-state index in [-0.39, 0.29) is 6.79 Å². The minimum Gasteiger partial charge on any atom is -0.400 e. The largest absolute Gasteiger partial charge is 0.400 e. The van der Waals surface area contributed by atoms with Crippen LogP contribution < -0.4 is 0 Å². The van der Waals surface area contributed by atoms with Crippen LogP contribution in [0, 0.1) is 11.8 Å². The van der Waals surface area contributed by atoms with Crippen molar-refractivity contribution in [3.05, 3.63) is 35.9 Å². The summed E-state index contributed by atoms with van der Waals surface area (Å²) in [5.74, 6) is 1.14. The van der Waals surface area contributed by atoms with Crippen LogP contribution in [0.4, 0.5) is 0 Å². The second kappa shape index (κ2) is 17.1. The van der Waals surface area contributed by atoms with Crippen LogP contribution in [-0.2, 0) is 16.1 Å². The van der Waals surface area contributed by atoms with E-state index in [1.54, 1.807) is 0 Å². The molecule has 0 radical (unpaired) electrons. The minimum absolute atomic E-state index is 0.155. The third kappa shape index (κ3) is 19.1. The molecule has 0 aliphatic carbocycles. The fraction of sp³-hybridized carbons (Fsp3) is 0.647. The molecule has 4 heteroatoms. The second-order valence-corrected chi connectivity index (χ2v) is 5.29. The first kappa shape index (κ1) is 22.3. The molecule has 0 saturated carbocycles. The molecule has 0 saturated heterocycles. The highest BCUT2D eigenvalue weighted by Crippen LogP contribution is 2.02. The van der Waals surface area contributed by atoms with Crippen LogP contribution in [0.1, 0.15) is 33.3 Å². The van der Waals surface area contributed by atoms with Crippen LogP contribution in [0.15, 0.2) is 30.3 Å². The maximum Gasteiger partial charge on any atom is 0.143 e. The molecule has 0 amide bonds. The van der Waals surface area contributed by atoms with Crippen molar-refractivity contribution in [2.75, 3.05) is 27.1 Å². The standard InChI is InChI=1S/C11H16O.C5H12O2.CH4O/c1-10(2)8-12-9-11-6-4-3-5-7-11;1-5(2)3-7-4-6;1-2/h3-7,10H,8-9H2,1-2H3;5-6H,3-4H2,1-2H3;2H,1H3. The lowest BCUT2D eigenvalue weighted by molar-refractivity contribution is -0.0129. The third-order valence-electron chi connectivity index (χ3n) is 2.11. The maximum absolute atomic E-state index is 8.09. The lowest BCUT2D eigenvalue weighted by atomic mass is 10.2. The van der Waals surface area contributed by atoms with Gasteiger partial charge in [-0.2, -0.15) is 0 Å². The van der Waals surface area contributed by atoms with E-state index in [0.29, 0.717) is 18.4 Å². The average Bonchev–Trinajstić information content (AvgIpc) is 2.48. The van der Waals surface area contributed by atoms with Gasteiger partial charge in [-0.1, -0.05) is 58.0 Å². The van der Waals surface area contributed by atoms with Crippen molar-refractivity contribution in [3.63, 3.8) is 0 Å². The SMILES string of the molecule is CC(C)COCO.CC(C)COCc1ccccc1.CO. The lowest BCUT2D eigenvalue weighted by Gasteiger charge is -2.05. The van der Waals surface area contributed by atoms with Crippen molar-refractivity contribution in [1.82, 2.24) is 0 Å². The smallest absolute Gasteiger partial charge is 0.143 e. The average molecular weight is 300 g/mol. The monoisotopic (exact) mass is 300 g/mol. The zero-order valence-electron chi connectivity index (χ0n) is 14.1. The Hall–Kier alpha value is -0.940. The highest BCUT2D eigenvalue weighted by atomic mass is 16.6. The fourth-order valence-corrected chi connectivity index (χ4v) is 1.28. The van der Waals surface area contributed by atoms with Gasteiger partial charge < -0.3 is 19.7 Å². The Balaban J connectivity index is 0. The number of benzene rings is 1. The van der Waals surface area contributed by atoms with Crippen LogP contribution >= 0.6 is 0 Å². The molecule has 0 bridgehead atoms. The normalized spacial score (nSPS) is 9.76. The lowest BCUT2D eigenvalue weighted by Crippen LogP contribution is -2.01. The van der Waals surface area contributed by atoms with Gasteiger partial charge in [-0.05, 0) is 17.4 Å². The summed E-state index contributed by atoms with van der Waals surface area (Å²) < 4.78 is 10.1. The van der Waals surface area contributed by atoms with Gasteiger partial charge in [0.2, 0.25) is 0 Å². The Bertz CT molecular complexity index is 286. The number of aliphatic hydroxyl groups excluding tert-OH is 2. The number of ether oxygens (including phenoxy) is 2. The summed E-state index contributed by atoms with van der Waals surface area (Å²) >= 11 is 0. The zero-order chi connectivity index (χ0) is 16.5. The molecule has 0 spiro atoms. The Morgan fingerprint density at radius 3 is 1.71 bits per heavy atom. The van der Waals surface area contributed by atoms with E-state index in [4.69, 9.17) is 14.9 Å². The summed E-state index contributed by atoms with van der Waals surface area (Å²) in [6.07, 6.45) is 0. The summed E-state index contributed by atoms with van der Waals surface area (Å²) in [7, 11) is 1.00. The molecule has 0 atom stereocenters. The van der Waals surface area contributed by atoms with Gasteiger partial charge in [0.1, 0.15) is 6.79 Å². The molecule has 0 fully saturated rings. The number of aliphatic hydroxyl groups is 2. The van der Waals surface area contributed by atoms with E-state index >= 15 is 0 Å². The number of hydrogen-bond donors (Lipinski definition) is 2. The molecule has 4 nitrogen and oxygen atoms in total. The first-order chi connectivity index (χ1) is 10.1. The van der Waals surface area contributed by atoms with E-state index in [9.17, 15) is 0 Å². The van der Waals surface area contributed by atoms with Crippen LogP contribution in [0.3, 0.4) is 0 Å². The van der Waals surface area contributed by atoms with E-state index in [2.05, 4.69) is 30.7 Å². The van der Waals surface area contributed by atoms with Gasteiger partial charge in [0, 0.05) is 13.7 Å². The Morgan fingerprint density at radius 2 is 1.33 bits per heavy atom. The molecular formula is C17H32O4. The van der Waals surface area contributed by atoms with E-state index in [0.717, 1.165) is 20.3 Å². The molecule has 21 heavy (non-hydrogen) atoms. The predicted octanol–water partition coefficient (Wildman–Crippen LogP) is 3.08. The molecular weight excluding hydrogens is 268 g/mol. The van der Waals surface area contributed by atoms with Gasteiger partial charge in [-0.25, -0.2) is 0 Å². The quantitative estimate of drug-likeness (QED) is 0.760. The van der Waals surface area contributed by atoms with Crippen molar-refractivity contribution >= 4 is 0 Å². The Kier molecular flexibility index (Phi) is 18.2. The predicted molar refractivity (Wildman–Crippen MR) is 87.0 cm³/mol. The molecule has 0 unspecified atom stereocenters. The van der Waals surface area contributed by atoms with Gasteiger partial charge in [0.05, 0.1) is 13.2 Å². The molecule has 124 valence electrons. The molecule has 1 aromatic rings. The van der Waals surface area contributed by atoms with Crippen molar-refractivity contribution in [2.24, 2.45) is 11.8 Å². The topological polar surface area (TPSA) is 58.9 Å². The maximum atomic E-state index is 8.09. The third-order valence-corrected chi connectivity index (χ3v) is 2.11. The van der Waals surface area contributed by atoms with Gasteiger partial charge >= 0.3 is 0 Å². The van der Waals surface area contributed by atoms with E-state index < -0.39 is 0 Å². The van der Waals surface area contributed by atoms with Crippen LogP contribution in [0.25, 0.3) is 0 Å². The second-order valence-electron chi connectivity index (χ2n) is 5.29. The first-order valence-corrected chi connectivity index (χ1v) is 7.31. The summed E-state index contributed by atoms with van der Waals surface area (Å²) in [6.45, 7) is 10.5. The summed E-state index contributed by atoms with van der Waals surface area (Å²) in [5, 5.41) is 15.1. The van der Waals surface area contributed by atoms with Crippen molar-refractivity contribution in [1.29, 1.82) is 0 Å². The van der Waals surface area contributed by atoms with Crippen LogP contribution in [0.5, 0.6) is 0 Å². The first-order valence-electron chi connectivity index (χ1n) is 7.31. The highest BCUT2D eigenvalue weighted by Gasteiger charge is 1.94. The number of hydrogen-bond acceptors (Lipinski definition) is 4. The van der Waals surface area contributed by atoms with Crippen molar-refractivity contribution in [3.8, 4) is 0 Å². The molecule has 0 aromatic heterocycles. The molecule has 0 aliphatic rings. The minimum atomic E-state index is -0.155. The van der Waals surface area contributed by atoms with Crippen LogP contribution in [-0.4, -0.2) is 37.3 Å². The molecule has 1 aromatic carbocycles. The summed E-state index contributed by atoms with van der Waals surface area (Å²) in [4.78, 5) is 0. The van der Waals surface area contributed by atoms with E-state index in [1.165, 1.54) is 5.56 Å². The molecule has 2 N–H and O–H groups in total.